The molecule has 0 aromatic rings. The van der Waals surface area contributed by atoms with Crippen LogP contribution in [0.15, 0.2) is 12.7 Å². The van der Waals surface area contributed by atoms with Crippen molar-refractivity contribution in [1.29, 1.82) is 0 Å². The SMILES string of the molecule is C=CCCCCC[C@@H]1CC[C@@H](C)[C@H](CCCO)N1. The van der Waals surface area contributed by atoms with Gasteiger partial charge in [0, 0.05) is 18.7 Å². The van der Waals surface area contributed by atoms with E-state index in [1.54, 1.807) is 0 Å². The van der Waals surface area contributed by atoms with Gasteiger partial charge in [-0.15, -0.1) is 6.58 Å². The van der Waals surface area contributed by atoms with Gasteiger partial charge in [0.15, 0.2) is 0 Å². The Balaban J connectivity index is 2.16. The van der Waals surface area contributed by atoms with Crippen LogP contribution >= 0.6 is 0 Å². The molecule has 0 aromatic carbocycles. The van der Waals surface area contributed by atoms with Crippen LogP contribution in [-0.4, -0.2) is 23.8 Å². The third-order valence-corrected chi connectivity index (χ3v) is 4.24. The molecule has 1 saturated heterocycles. The van der Waals surface area contributed by atoms with Gasteiger partial charge in [0.25, 0.3) is 0 Å². The van der Waals surface area contributed by atoms with E-state index in [0.717, 1.165) is 25.2 Å². The van der Waals surface area contributed by atoms with Crippen LogP contribution in [0.5, 0.6) is 0 Å². The molecule has 0 spiro atoms. The lowest BCUT2D eigenvalue weighted by Gasteiger charge is -2.36. The zero-order valence-corrected chi connectivity index (χ0v) is 12.0. The molecule has 0 radical (unpaired) electrons. The van der Waals surface area contributed by atoms with Crippen LogP contribution in [0.3, 0.4) is 0 Å². The topological polar surface area (TPSA) is 32.3 Å². The average molecular weight is 253 g/mol. The predicted molar refractivity (Wildman–Crippen MR) is 78.7 cm³/mol. The normalized spacial score (nSPS) is 28.2. The molecule has 106 valence electrons. The van der Waals surface area contributed by atoms with Crippen molar-refractivity contribution in [2.45, 2.75) is 76.8 Å². The maximum Gasteiger partial charge on any atom is 0.0431 e. The second-order valence-corrected chi connectivity index (χ2v) is 5.82. The molecule has 18 heavy (non-hydrogen) atoms. The van der Waals surface area contributed by atoms with Gasteiger partial charge in [0.1, 0.15) is 0 Å². The number of nitrogens with one attached hydrogen (secondary N) is 1. The van der Waals surface area contributed by atoms with Crippen LogP contribution in [0, 0.1) is 5.92 Å². The zero-order chi connectivity index (χ0) is 13.2. The fraction of sp³-hybridized carbons (Fsp3) is 0.875. The summed E-state index contributed by atoms with van der Waals surface area (Å²) in [6.45, 7) is 6.44. The average Bonchev–Trinajstić information content (AvgIpc) is 2.39. The van der Waals surface area contributed by atoms with Gasteiger partial charge in [-0.3, -0.25) is 0 Å². The Labute approximate surface area is 113 Å². The molecule has 0 amide bonds. The third-order valence-electron chi connectivity index (χ3n) is 4.24. The molecule has 0 bridgehead atoms. The minimum atomic E-state index is 0.330. The molecule has 0 saturated carbocycles. The van der Waals surface area contributed by atoms with Gasteiger partial charge in [-0.05, 0) is 50.9 Å². The van der Waals surface area contributed by atoms with Crippen molar-refractivity contribution in [2.75, 3.05) is 6.61 Å². The van der Waals surface area contributed by atoms with Crippen molar-refractivity contribution in [1.82, 2.24) is 5.32 Å². The molecule has 0 unspecified atom stereocenters. The molecule has 1 aliphatic heterocycles. The first-order valence-electron chi connectivity index (χ1n) is 7.75. The lowest BCUT2D eigenvalue weighted by molar-refractivity contribution is 0.204. The summed E-state index contributed by atoms with van der Waals surface area (Å²) in [6.07, 6.45) is 13.2. The summed E-state index contributed by atoms with van der Waals surface area (Å²) >= 11 is 0. The second-order valence-electron chi connectivity index (χ2n) is 5.82. The Hall–Kier alpha value is -0.340. The van der Waals surface area contributed by atoms with E-state index in [1.165, 1.54) is 38.5 Å². The molecule has 1 aliphatic rings. The van der Waals surface area contributed by atoms with Crippen LogP contribution in [0.2, 0.25) is 0 Å². The smallest absolute Gasteiger partial charge is 0.0431 e. The van der Waals surface area contributed by atoms with Crippen molar-refractivity contribution in [3.8, 4) is 0 Å². The van der Waals surface area contributed by atoms with E-state index >= 15 is 0 Å². The number of piperidine rings is 1. The van der Waals surface area contributed by atoms with Gasteiger partial charge in [-0.2, -0.15) is 0 Å². The zero-order valence-electron chi connectivity index (χ0n) is 12.0. The van der Waals surface area contributed by atoms with Gasteiger partial charge in [0.05, 0.1) is 0 Å². The van der Waals surface area contributed by atoms with Crippen molar-refractivity contribution < 1.29 is 5.11 Å². The minimum absolute atomic E-state index is 0.330. The molecule has 0 aromatic heterocycles. The first-order valence-corrected chi connectivity index (χ1v) is 7.75. The Morgan fingerprint density at radius 2 is 2.00 bits per heavy atom. The standard InChI is InChI=1S/C16H31NO/c1-3-4-5-6-7-9-15-12-11-14(2)16(17-15)10-8-13-18/h3,14-18H,1,4-13H2,2H3/t14-,15-,16+/m1/s1. The first-order chi connectivity index (χ1) is 8.77. The lowest BCUT2D eigenvalue weighted by Crippen LogP contribution is -2.46. The highest BCUT2D eigenvalue weighted by Gasteiger charge is 2.25. The summed E-state index contributed by atoms with van der Waals surface area (Å²) in [5.74, 6) is 0.772. The fourth-order valence-corrected chi connectivity index (χ4v) is 2.98. The van der Waals surface area contributed by atoms with E-state index in [-0.39, 0.29) is 0 Å². The maximum atomic E-state index is 8.94. The van der Waals surface area contributed by atoms with E-state index in [4.69, 9.17) is 5.11 Å². The van der Waals surface area contributed by atoms with E-state index in [0.29, 0.717) is 18.7 Å². The molecular formula is C16H31NO. The fourth-order valence-electron chi connectivity index (χ4n) is 2.98. The number of rotatable bonds is 9. The van der Waals surface area contributed by atoms with Crippen LogP contribution in [0.4, 0.5) is 0 Å². The van der Waals surface area contributed by atoms with Crippen molar-refractivity contribution in [2.24, 2.45) is 5.92 Å². The summed E-state index contributed by atoms with van der Waals surface area (Å²) in [4.78, 5) is 0. The predicted octanol–water partition coefficient (Wildman–Crippen LogP) is 3.65. The number of unbranched alkanes of at least 4 members (excludes halogenated alkanes) is 3. The largest absolute Gasteiger partial charge is 0.396 e. The number of allylic oxidation sites excluding steroid dienone is 1. The van der Waals surface area contributed by atoms with E-state index in [1.807, 2.05) is 6.08 Å². The number of hydrogen-bond donors (Lipinski definition) is 2. The van der Waals surface area contributed by atoms with Gasteiger partial charge in [-0.1, -0.05) is 25.8 Å². The molecule has 1 heterocycles. The summed E-state index contributed by atoms with van der Waals surface area (Å²) in [5, 5.41) is 12.7. The molecule has 1 fully saturated rings. The van der Waals surface area contributed by atoms with Gasteiger partial charge in [-0.25, -0.2) is 0 Å². The molecule has 1 rings (SSSR count). The van der Waals surface area contributed by atoms with E-state index in [9.17, 15) is 0 Å². The Kier molecular flexibility index (Phi) is 8.36. The van der Waals surface area contributed by atoms with Crippen LogP contribution in [0.25, 0.3) is 0 Å². The molecule has 2 heteroatoms. The maximum absolute atomic E-state index is 8.94. The summed E-state index contributed by atoms with van der Waals surface area (Å²) < 4.78 is 0. The number of hydrogen-bond acceptors (Lipinski definition) is 2. The summed E-state index contributed by atoms with van der Waals surface area (Å²) in [5.41, 5.74) is 0. The molecule has 0 aliphatic carbocycles. The quantitative estimate of drug-likeness (QED) is 0.485. The van der Waals surface area contributed by atoms with Crippen LogP contribution in [0.1, 0.15) is 64.7 Å². The second kappa shape index (κ2) is 9.57. The highest BCUT2D eigenvalue weighted by molar-refractivity contribution is 4.84. The van der Waals surface area contributed by atoms with Crippen molar-refractivity contribution in [3.05, 3.63) is 12.7 Å². The van der Waals surface area contributed by atoms with E-state index < -0.39 is 0 Å². The highest BCUT2D eigenvalue weighted by Crippen LogP contribution is 2.24. The Morgan fingerprint density at radius 1 is 1.17 bits per heavy atom. The summed E-state index contributed by atoms with van der Waals surface area (Å²) in [7, 11) is 0. The van der Waals surface area contributed by atoms with Crippen molar-refractivity contribution in [3.63, 3.8) is 0 Å². The highest BCUT2D eigenvalue weighted by atomic mass is 16.2. The number of aliphatic hydroxyl groups is 1. The first kappa shape index (κ1) is 15.7. The third kappa shape index (κ3) is 6.01. The molecule has 3 atom stereocenters. The Bertz CT molecular complexity index is 217. The molecule has 2 nitrogen and oxygen atoms in total. The number of aliphatic hydroxyl groups excluding tert-OH is 1. The van der Waals surface area contributed by atoms with Crippen LogP contribution < -0.4 is 5.32 Å². The van der Waals surface area contributed by atoms with Gasteiger partial charge < -0.3 is 10.4 Å². The van der Waals surface area contributed by atoms with Gasteiger partial charge >= 0.3 is 0 Å². The van der Waals surface area contributed by atoms with E-state index in [2.05, 4.69) is 18.8 Å². The summed E-state index contributed by atoms with van der Waals surface area (Å²) in [6, 6.07) is 1.35. The van der Waals surface area contributed by atoms with Gasteiger partial charge in [0.2, 0.25) is 0 Å². The van der Waals surface area contributed by atoms with Crippen LogP contribution in [-0.2, 0) is 0 Å². The lowest BCUT2D eigenvalue weighted by atomic mass is 9.85. The monoisotopic (exact) mass is 253 g/mol. The minimum Gasteiger partial charge on any atom is -0.396 e. The molecular weight excluding hydrogens is 222 g/mol. The van der Waals surface area contributed by atoms with Crippen molar-refractivity contribution >= 4 is 0 Å². The Morgan fingerprint density at radius 3 is 2.72 bits per heavy atom. The molecule has 2 N–H and O–H groups in total.